The van der Waals surface area contributed by atoms with E-state index in [9.17, 15) is 4.79 Å². The van der Waals surface area contributed by atoms with Gasteiger partial charge in [-0.05, 0) is 56.1 Å². The lowest BCUT2D eigenvalue weighted by molar-refractivity contribution is -0.150. The van der Waals surface area contributed by atoms with Gasteiger partial charge in [0.2, 0.25) is 0 Å². The van der Waals surface area contributed by atoms with Crippen LogP contribution in [-0.2, 0) is 14.3 Å². The zero-order chi connectivity index (χ0) is 15.6. The highest BCUT2D eigenvalue weighted by atomic mass is 32.2. The first-order valence-electron chi connectivity index (χ1n) is 8.11. The van der Waals surface area contributed by atoms with E-state index in [0.29, 0.717) is 5.92 Å². The molecule has 0 radical (unpaired) electrons. The average molecular weight is 317 g/mol. The van der Waals surface area contributed by atoms with Gasteiger partial charge in [-0.25, -0.2) is 0 Å². The Morgan fingerprint density at radius 3 is 2.86 bits per heavy atom. The van der Waals surface area contributed by atoms with Gasteiger partial charge in [-0.2, -0.15) is 11.8 Å². The van der Waals surface area contributed by atoms with Gasteiger partial charge < -0.3 is 14.8 Å². The molecule has 1 aliphatic carbocycles. The monoisotopic (exact) mass is 317 g/mol. The maximum absolute atomic E-state index is 12.3. The van der Waals surface area contributed by atoms with Crippen molar-refractivity contribution in [3.63, 3.8) is 0 Å². The molecule has 124 valence electrons. The standard InChI is InChI=1S/C16H31NO3S/c1-4-10-17-16(15(18)20-3)9-5-7-14(16)8-13-21-12-6-11-19-2/h14,17H,4-13H2,1-3H3. The molecule has 0 bridgehead atoms. The number of hydrogen-bond donors (Lipinski definition) is 1. The second kappa shape index (κ2) is 10.5. The van der Waals surface area contributed by atoms with E-state index in [2.05, 4.69) is 12.2 Å². The molecular formula is C16H31NO3S. The molecule has 5 heteroatoms. The molecule has 0 heterocycles. The molecule has 0 aromatic carbocycles. The number of methoxy groups -OCH3 is 2. The summed E-state index contributed by atoms with van der Waals surface area (Å²) in [7, 11) is 3.25. The molecule has 1 saturated carbocycles. The van der Waals surface area contributed by atoms with Crippen molar-refractivity contribution in [2.24, 2.45) is 5.92 Å². The van der Waals surface area contributed by atoms with E-state index in [4.69, 9.17) is 9.47 Å². The van der Waals surface area contributed by atoms with Gasteiger partial charge in [0.05, 0.1) is 7.11 Å². The second-order valence-corrected chi connectivity index (χ2v) is 6.95. The topological polar surface area (TPSA) is 47.6 Å². The van der Waals surface area contributed by atoms with Crippen molar-refractivity contribution in [2.75, 3.05) is 38.9 Å². The predicted octanol–water partition coefficient (Wildman–Crippen LogP) is 2.86. The van der Waals surface area contributed by atoms with Crippen LogP contribution in [-0.4, -0.2) is 50.4 Å². The summed E-state index contributed by atoms with van der Waals surface area (Å²) in [4.78, 5) is 12.3. The molecule has 2 atom stereocenters. The highest BCUT2D eigenvalue weighted by Gasteiger charge is 2.48. The van der Waals surface area contributed by atoms with Crippen LogP contribution < -0.4 is 5.32 Å². The first-order valence-corrected chi connectivity index (χ1v) is 9.26. The van der Waals surface area contributed by atoms with E-state index in [1.54, 1.807) is 7.11 Å². The lowest BCUT2D eigenvalue weighted by Gasteiger charge is -2.34. The zero-order valence-corrected chi connectivity index (χ0v) is 14.6. The van der Waals surface area contributed by atoms with Crippen LogP contribution in [0.5, 0.6) is 0 Å². The largest absolute Gasteiger partial charge is 0.468 e. The summed E-state index contributed by atoms with van der Waals surface area (Å²) in [5.74, 6) is 2.59. The number of carbonyl (C=O) groups is 1. The number of hydrogen-bond acceptors (Lipinski definition) is 5. The first kappa shape index (κ1) is 18.8. The third kappa shape index (κ3) is 5.46. The van der Waals surface area contributed by atoms with E-state index < -0.39 is 5.54 Å². The third-order valence-electron chi connectivity index (χ3n) is 4.31. The van der Waals surface area contributed by atoms with Crippen LogP contribution in [0.25, 0.3) is 0 Å². The average Bonchev–Trinajstić information content (AvgIpc) is 2.92. The minimum absolute atomic E-state index is 0.0668. The quantitative estimate of drug-likeness (QED) is 0.469. The summed E-state index contributed by atoms with van der Waals surface area (Å²) in [6.45, 7) is 3.85. The van der Waals surface area contributed by atoms with Crippen LogP contribution in [0.3, 0.4) is 0 Å². The Bertz CT molecular complexity index is 301. The fourth-order valence-corrected chi connectivity index (χ4v) is 4.18. The number of thioether (sulfide) groups is 1. The smallest absolute Gasteiger partial charge is 0.326 e. The van der Waals surface area contributed by atoms with Crippen molar-refractivity contribution in [3.05, 3.63) is 0 Å². The van der Waals surface area contributed by atoms with Crippen molar-refractivity contribution in [1.82, 2.24) is 5.32 Å². The lowest BCUT2D eigenvalue weighted by Crippen LogP contribution is -2.55. The molecule has 0 saturated heterocycles. The second-order valence-electron chi connectivity index (χ2n) is 5.73. The molecule has 1 aliphatic rings. The maximum atomic E-state index is 12.3. The van der Waals surface area contributed by atoms with Crippen LogP contribution >= 0.6 is 11.8 Å². The molecule has 2 unspecified atom stereocenters. The number of esters is 1. The van der Waals surface area contributed by atoms with Gasteiger partial charge in [0.25, 0.3) is 0 Å². The molecule has 21 heavy (non-hydrogen) atoms. The van der Waals surface area contributed by atoms with Gasteiger partial charge in [-0.3, -0.25) is 4.79 Å². The van der Waals surface area contributed by atoms with Gasteiger partial charge in [0.15, 0.2) is 0 Å². The Balaban J connectivity index is 2.47. The normalized spacial score (nSPS) is 25.2. The number of ether oxygens (including phenoxy) is 2. The summed E-state index contributed by atoms with van der Waals surface area (Å²) in [6.07, 6.45) is 6.39. The Hall–Kier alpha value is -0.260. The molecule has 0 spiro atoms. The van der Waals surface area contributed by atoms with Crippen LogP contribution in [0.4, 0.5) is 0 Å². The van der Waals surface area contributed by atoms with Crippen LogP contribution in [0, 0.1) is 5.92 Å². The molecule has 0 aromatic heterocycles. The van der Waals surface area contributed by atoms with Crippen LogP contribution in [0.15, 0.2) is 0 Å². The van der Waals surface area contributed by atoms with E-state index in [-0.39, 0.29) is 5.97 Å². The van der Waals surface area contributed by atoms with Crippen molar-refractivity contribution in [2.45, 2.75) is 51.0 Å². The molecule has 0 amide bonds. The highest BCUT2D eigenvalue weighted by Crippen LogP contribution is 2.39. The molecule has 0 aromatic rings. The molecule has 1 rings (SSSR count). The molecule has 4 nitrogen and oxygen atoms in total. The Labute approximate surface area is 133 Å². The van der Waals surface area contributed by atoms with Crippen molar-refractivity contribution >= 4 is 17.7 Å². The Morgan fingerprint density at radius 2 is 2.19 bits per heavy atom. The lowest BCUT2D eigenvalue weighted by atomic mass is 9.85. The SMILES string of the molecule is CCCNC1(C(=O)OC)CCCC1CCSCCCOC. The van der Waals surface area contributed by atoms with Gasteiger partial charge in [0.1, 0.15) is 5.54 Å². The van der Waals surface area contributed by atoms with Crippen LogP contribution in [0.1, 0.15) is 45.4 Å². The number of carbonyl (C=O) groups excluding carboxylic acids is 1. The fourth-order valence-electron chi connectivity index (χ4n) is 3.21. The van der Waals surface area contributed by atoms with Gasteiger partial charge in [-0.1, -0.05) is 13.3 Å². The maximum Gasteiger partial charge on any atom is 0.326 e. The number of nitrogens with one attached hydrogen (secondary N) is 1. The minimum Gasteiger partial charge on any atom is -0.468 e. The first-order chi connectivity index (χ1) is 10.2. The summed E-state index contributed by atoms with van der Waals surface area (Å²) in [5, 5.41) is 3.50. The Kier molecular flexibility index (Phi) is 9.36. The van der Waals surface area contributed by atoms with E-state index in [1.807, 2.05) is 11.8 Å². The van der Waals surface area contributed by atoms with Gasteiger partial charge in [-0.15, -0.1) is 0 Å². The molecule has 1 N–H and O–H groups in total. The van der Waals surface area contributed by atoms with Gasteiger partial charge >= 0.3 is 5.97 Å². The Morgan fingerprint density at radius 1 is 1.38 bits per heavy atom. The molecular weight excluding hydrogens is 286 g/mol. The van der Waals surface area contributed by atoms with Crippen molar-refractivity contribution in [1.29, 1.82) is 0 Å². The van der Waals surface area contributed by atoms with Crippen LogP contribution in [0.2, 0.25) is 0 Å². The third-order valence-corrected chi connectivity index (χ3v) is 5.41. The van der Waals surface area contributed by atoms with E-state index >= 15 is 0 Å². The highest BCUT2D eigenvalue weighted by molar-refractivity contribution is 7.99. The molecule has 1 fully saturated rings. The van der Waals surface area contributed by atoms with Crippen molar-refractivity contribution in [3.8, 4) is 0 Å². The van der Waals surface area contributed by atoms with Gasteiger partial charge in [0, 0.05) is 13.7 Å². The predicted molar refractivity (Wildman–Crippen MR) is 88.8 cm³/mol. The molecule has 0 aliphatic heterocycles. The number of rotatable bonds is 11. The fraction of sp³-hybridized carbons (Fsp3) is 0.938. The van der Waals surface area contributed by atoms with E-state index in [0.717, 1.165) is 63.2 Å². The summed E-state index contributed by atoms with van der Waals surface area (Å²) < 4.78 is 10.2. The zero-order valence-electron chi connectivity index (χ0n) is 13.8. The summed E-state index contributed by atoms with van der Waals surface area (Å²) >= 11 is 1.96. The summed E-state index contributed by atoms with van der Waals surface area (Å²) in [5.41, 5.74) is -0.433. The minimum atomic E-state index is -0.433. The van der Waals surface area contributed by atoms with E-state index in [1.165, 1.54) is 7.11 Å². The summed E-state index contributed by atoms with van der Waals surface area (Å²) in [6, 6.07) is 0. The van der Waals surface area contributed by atoms with Crippen molar-refractivity contribution < 1.29 is 14.3 Å².